The zero-order valence-corrected chi connectivity index (χ0v) is 13.8. The van der Waals surface area contributed by atoms with Crippen LogP contribution in [0.5, 0.6) is 5.75 Å². The van der Waals surface area contributed by atoms with Gasteiger partial charge >= 0.3 is 0 Å². The summed E-state index contributed by atoms with van der Waals surface area (Å²) in [6, 6.07) is 14.6. The first kappa shape index (κ1) is 18.4. The van der Waals surface area contributed by atoms with Crippen LogP contribution >= 0.6 is 0 Å². The summed E-state index contributed by atoms with van der Waals surface area (Å²) in [5.74, 6) is -0.00395. The van der Waals surface area contributed by atoms with E-state index in [1.165, 1.54) is 12.1 Å². The molecule has 0 aromatic heterocycles. The third-order valence-electron chi connectivity index (χ3n) is 3.40. The Kier molecular flexibility index (Phi) is 7.43. The van der Waals surface area contributed by atoms with Crippen molar-refractivity contribution < 1.29 is 18.7 Å². The zero-order valence-electron chi connectivity index (χ0n) is 13.8. The van der Waals surface area contributed by atoms with Crippen molar-refractivity contribution in [1.29, 1.82) is 0 Å². The minimum atomic E-state index is -0.314. The molecule has 2 N–H and O–H groups in total. The Morgan fingerprint density at radius 2 is 1.60 bits per heavy atom. The van der Waals surface area contributed by atoms with Crippen LogP contribution in [0.15, 0.2) is 54.6 Å². The maximum atomic E-state index is 12.7. The zero-order chi connectivity index (χ0) is 17.9. The molecule has 6 heteroatoms. The fraction of sp³-hybridized carbons (Fsp3) is 0.263. The third kappa shape index (κ3) is 7.03. The average molecular weight is 344 g/mol. The summed E-state index contributed by atoms with van der Waals surface area (Å²) >= 11 is 0. The number of nitrogens with one attached hydrogen (secondary N) is 2. The fourth-order valence-corrected chi connectivity index (χ4v) is 2.11. The lowest BCUT2D eigenvalue weighted by Crippen LogP contribution is -2.34. The van der Waals surface area contributed by atoms with Crippen molar-refractivity contribution in [3.63, 3.8) is 0 Å². The molecular weight excluding hydrogens is 323 g/mol. The summed E-state index contributed by atoms with van der Waals surface area (Å²) < 4.78 is 18.2. The molecule has 2 aromatic carbocycles. The highest BCUT2D eigenvalue weighted by Crippen LogP contribution is 2.11. The summed E-state index contributed by atoms with van der Waals surface area (Å²) in [7, 11) is 0. The van der Waals surface area contributed by atoms with Crippen molar-refractivity contribution >= 4 is 11.8 Å². The number of halogens is 1. The van der Waals surface area contributed by atoms with Crippen LogP contribution in [0.1, 0.15) is 23.2 Å². The summed E-state index contributed by atoms with van der Waals surface area (Å²) in [5.41, 5.74) is 0.590. The van der Waals surface area contributed by atoms with Crippen LogP contribution in [0.25, 0.3) is 0 Å². The predicted molar refractivity (Wildman–Crippen MR) is 92.9 cm³/mol. The van der Waals surface area contributed by atoms with Gasteiger partial charge < -0.3 is 15.4 Å². The Bertz CT molecular complexity index is 675. The van der Waals surface area contributed by atoms with E-state index >= 15 is 0 Å². The van der Waals surface area contributed by atoms with Gasteiger partial charge in [0.2, 0.25) is 5.91 Å². The average Bonchev–Trinajstić information content (AvgIpc) is 2.64. The molecule has 0 saturated carbocycles. The molecule has 0 atom stereocenters. The molecule has 0 aliphatic rings. The molecule has 0 radical (unpaired) electrons. The van der Waals surface area contributed by atoms with E-state index in [4.69, 9.17) is 4.74 Å². The number of hydrogen-bond donors (Lipinski definition) is 2. The second-order valence-electron chi connectivity index (χ2n) is 5.38. The van der Waals surface area contributed by atoms with Gasteiger partial charge in [0.1, 0.15) is 11.6 Å². The smallest absolute Gasteiger partial charge is 0.251 e. The molecule has 0 aliphatic heterocycles. The lowest BCUT2D eigenvalue weighted by molar-refractivity contribution is -0.121. The second kappa shape index (κ2) is 10.1. The SMILES string of the molecule is O=C(CCCOc1ccc(F)cc1)NCCNC(=O)c1ccccc1. The Morgan fingerprint density at radius 1 is 0.920 bits per heavy atom. The topological polar surface area (TPSA) is 67.4 Å². The maximum absolute atomic E-state index is 12.7. The summed E-state index contributed by atoms with van der Waals surface area (Å²) in [4.78, 5) is 23.5. The fourth-order valence-electron chi connectivity index (χ4n) is 2.11. The molecule has 2 aromatic rings. The number of ether oxygens (including phenoxy) is 1. The highest BCUT2D eigenvalue weighted by molar-refractivity contribution is 5.94. The van der Waals surface area contributed by atoms with Crippen molar-refractivity contribution in [1.82, 2.24) is 10.6 Å². The number of rotatable bonds is 9. The molecule has 0 aliphatic carbocycles. The summed E-state index contributed by atoms with van der Waals surface area (Å²) in [5, 5.41) is 5.48. The Labute approximate surface area is 146 Å². The molecule has 0 spiro atoms. The monoisotopic (exact) mass is 344 g/mol. The van der Waals surface area contributed by atoms with Gasteiger partial charge in [-0.3, -0.25) is 9.59 Å². The lowest BCUT2D eigenvalue weighted by atomic mass is 10.2. The largest absolute Gasteiger partial charge is 0.494 e. The highest BCUT2D eigenvalue weighted by Gasteiger charge is 2.04. The van der Waals surface area contributed by atoms with E-state index in [9.17, 15) is 14.0 Å². The molecule has 2 rings (SSSR count). The van der Waals surface area contributed by atoms with Gasteiger partial charge in [-0.2, -0.15) is 0 Å². The van der Waals surface area contributed by atoms with Gasteiger partial charge in [-0.15, -0.1) is 0 Å². The van der Waals surface area contributed by atoms with Gasteiger partial charge in [-0.1, -0.05) is 18.2 Å². The highest BCUT2D eigenvalue weighted by atomic mass is 19.1. The van der Waals surface area contributed by atoms with Crippen molar-refractivity contribution in [2.45, 2.75) is 12.8 Å². The van der Waals surface area contributed by atoms with Crippen LogP contribution in [-0.2, 0) is 4.79 Å². The summed E-state index contributed by atoms with van der Waals surface area (Å²) in [6.45, 7) is 1.12. The first-order valence-electron chi connectivity index (χ1n) is 8.13. The van der Waals surface area contributed by atoms with Crippen LogP contribution in [0, 0.1) is 5.82 Å². The van der Waals surface area contributed by atoms with Gasteiger partial charge in [0.05, 0.1) is 6.61 Å². The second-order valence-corrected chi connectivity index (χ2v) is 5.38. The number of carbonyl (C=O) groups excluding carboxylic acids is 2. The molecule has 132 valence electrons. The van der Waals surface area contributed by atoms with E-state index in [-0.39, 0.29) is 17.6 Å². The standard InChI is InChI=1S/C19H21FN2O3/c20-16-8-10-17(11-9-16)25-14-4-7-18(23)21-12-13-22-19(24)15-5-2-1-3-6-15/h1-3,5-6,8-11H,4,7,12-14H2,(H,21,23)(H,22,24). The van der Waals surface area contributed by atoms with Gasteiger partial charge in [-0.25, -0.2) is 4.39 Å². The first-order valence-corrected chi connectivity index (χ1v) is 8.13. The molecule has 0 bridgehead atoms. The molecule has 25 heavy (non-hydrogen) atoms. The van der Waals surface area contributed by atoms with E-state index < -0.39 is 0 Å². The number of amides is 2. The normalized spacial score (nSPS) is 10.1. The molecule has 0 fully saturated rings. The van der Waals surface area contributed by atoms with E-state index in [1.54, 1.807) is 36.4 Å². The first-order chi connectivity index (χ1) is 12.1. The Balaban J connectivity index is 1.52. The van der Waals surface area contributed by atoms with Crippen LogP contribution in [0.2, 0.25) is 0 Å². The van der Waals surface area contributed by atoms with E-state index in [1.807, 2.05) is 6.07 Å². The summed E-state index contributed by atoms with van der Waals surface area (Å²) in [6.07, 6.45) is 0.882. The van der Waals surface area contributed by atoms with Crippen molar-refractivity contribution in [2.75, 3.05) is 19.7 Å². The Morgan fingerprint density at radius 3 is 2.32 bits per heavy atom. The molecule has 2 amide bonds. The van der Waals surface area contributed by atoms with Crippen LogP contribution in [0.3, 0.4) is 0 Å². The van der Waals surface area contributed by atoms with Gasteiger partial charge in [0.25, 0.3) is 5.91 Å². The third-order valence-corrected chi connectivity index (χ3v) is 3.40. The van der Waals surface area contributed by atoms with Crippen LogP contribution < -0.4 is 15.4 Å². The van der Waals surface area contributed by atoms with Gasteiger partial charge in [0.15, 0.2) is 0 Å². The number of carbonyl (C=O) groups is 2. The maximum Gasteiger partial charge on any atom is 0.251 e. The molecule has 0 unspecified atom stereocenters. The van der Waals surface area contributed by atoms with Gasteiger partial charge in [-0.05, 0) is 42.8 Å². The van der Waals surface area contributed by atoms with Crippen molar-refractivity contribution in [3.8, 4) is 5.75 Å². The number of hydrogen-bond acceptors (Lipinski definition) is 3. The lowest BCUT2D eigenvalue weighted by Gasteiger charge is -2.08. The molecule has 0 saturated heterocycles. The van der Waals surface area contributed by atoms with Crippen molar-refractivity contribution in [2.24, 2.45) is 0 Å². The minimum Gasteiger partial charge on any atom is -0.494 e. The number of benzene rings is 2. The van der Waals surface area contributed by atoms with Gasteiger partial charge in [0, 0.05) is 25.1 Å². The quantitative estimate of drug-likeness (QED) is 0.687. The Hall–Kier alpha value is -2.89. The van der Waals surface area contributed by atoms with Crippen molar-refractivity contribution in [3.05, 3.63) is 66.0 Å². The molecule has 0 heterocycles. The predicted octanol–water partition coefficient (Wildman–Crippen LogP) is 2.53. The molecular formula is C19H21FN2O3. The van der Waals surface area contributed by atoms with E-state index in [0.717, 1.165) is 0 Å². The van der Waals surface area contributed by atoms with E-state index in [0.29, 0.717) is 43.9 Å². The minimum absolute atomic E-state index is 0.100. The molecule has 5 nitrogen and oxygen atoms in total. The van der Waals surface area contributed by atoms with Crippen LogP contribution in [-0.4, -0.2) is 31.5 Å². The van der Waals surface area contributed by atoms with E-state index in [2.05, 4.69) is 10.6 Å². The van der Waals surface area contributed by atoms with Crippen LogP contribution in [0.4, 0.5) is 4.39 Å².